The number of carbonyl (C=O) groups excluding carboxylic acids is 1. The van der Waals surface area contributed by atoms with Crippen molar-refractivity contribution in [1.82, 2.24) is 10.6 Å². The van der Waals surface area contributed by atoms with Gasteiger partial charge in [0.1, 0.15) is 0 Å². The van der Waals surface area contributed by atoms with Gasteiger partial charge in [-0.25, -0.2) is 0 Å². The summed E-state index contributed by atoms with van der Waals surface area (Å²) in [6, 6.07) is 0. The molecule has 2 N–H and O–H groups in total. The first-order chi connectivity index (χ1) is 7.65. The van der Waals surface area contributed by atoms with Gasteiger partial charge in [-0.15, -0.1) is 6.42 Å². The fourth-order valence-corrected chi connectivity index (χ4v) is 1.70. The Hall–Kier alpha value is -1.22. The predicted octanol–water partition coefficient (Wildman–Crippen LogP) is 1.06. The molecule has 1 heterocycles. The van der Waals surface area contributed by atoms with Gasteiger partial charge in [-0.1, -0.05) is 5.92 Å². The number of alkyl halides is 3. The van der Waals surface area contributed by atoms with E-state index in [1.165, 1.54) is 13.8 Å². The largest absolute Gasteiger partial charge is 0.404 e. The normalized spacial score (nSPS) is 25.4. The lowest BCUT2D eigenvalue weighted by atomic mass is 9.84. The average molecular weight is 248 g/mol. The number of amides is 1. The number of carbonyl (C=O) groups is 1. The number of rotatable bonds is 2. The van der Waals surface area contributed by atoms with E-state index in [1.807, 2.05) is 0 Å². The first-order valence-electron chi connectivity index (χ1n) is 5.22. The highest BCUT2D eigenvalue weighted by molar-refractivity contribution is 5.85. The summed E-state index contributed by atoms with van der Waals surface area (Å²) >= 11 is 0. The molecule has 0 aliphatic carbocycles. The molecule has 1 aliphatic heterocycles. The van der Waals surface area contributed by atoms with Crippen LogP contribution in [0.25, 0.3) is 0 Å². The van der Waals surface area contributed by atoms with Crippen LogP contribution in [0.3, 0.4) is 0 Å². The molecular formula is C11H15F3N2O. The molecule has 1 saturated heterocycles. The van der Waals surface area contributed by atoms with Crippen molar-refractivity contribution in [3.05, 3.63) is 0 Å². The summed E-state index contributed by atoms with van der Waals surface area (Å²) < 4.78 is 39.0. The molecule has 0 spiro atoms. The van der Waals surface area contributed by atoms with E-state index in [2.05, 4.69) is 16.6 Å². The van der Waals surface area contributed by atoms with Crippen LogP contribution >= 0.6 is 0 Å². The van der Waals surface area contributed by atoms with Gasteiger partial charge < -0.3 is 10.6 Å². The van der Waals surface area contributed by atoms with Crippen LogP contribution in [0, 0.1) is 17.8 Å². The first-order valence-corrected chi connectivity index (χ1v) is 5.22. The quantitative estimate of drug-likeness (QED) is 0.717. The second-order valence-electron chi connectivity index (χ2n) is 4.73. The minimum absolute atomic E-state index is 0.170. The Bertz CT molecular complexity index is 349. The van der Waals surface area contributed by atoms with Crippen molar-refractivity contribution in [2.45, 2.75) is 32.0 Å². The highest BCUT2D eigenvalue weighted by atomic mass is 19.4. The lowest BCUT2D eigenvalue weighted by molar-refractivity contribution is -0.216. The van der Waals surface area contributed by atoms with Gasteiger partial charge in [-0.3, -0.25) is 4.79 Å². The van der Waals surface area contributed by atoms with Crippen molar-refractivity contribution in [1.29, 1.82) is 0 Å². The molecule has 0 aromatic rings. The SMILES string of the molecule is C#CC(C)(C)NC(=O)C1(C(F)(F)F)CCNC1. The summed E-state index contributed by atoms with van der Waals surface area (Å²) in [5, 5.41) is 4.83. The maximum absolute atomic E-state index is 13.0. The van der Waals surface area contributed by atoms with Crippen molar-refractivity contribution in [2.24, 2.45) is 5.41 Å². The van der Waals surface area contributed by atoms with Gasteiger partial charge in [0.15, 0.2) is 5.41 Å². The summed E-state index contributed by atoms with van der Waals surface area (Å²) in [5.41, 5.74) is -3.45. The van der Waals surface area contributed by atoms with Crippen molar-refractivity contribution < 1.29 is 18.0 Å². The third-order valence-corrected chi connectivity index (χ3v) is 2.92. The van der Waals surface area contributed by atoms with Crippen LogP contribution in [0.5, 0.6) is 0 Å². The molecule has 1 aliphatic rings. The molecule has 0 aromatic carbocycles. The summed E-state index contributed by atoms with van der Waals surface area (Å²) in [6.45, 7) is 2.74. The Balaban J connectivity index is 2.95. The molecule has 6 heteroatoms. The second kappa shape index (κ2) is 4.22. The molecule has 1 atom stereocenters. The molecule has 0 radical (unpaired) electrons. The molecule has 1 unspecified atom stereocenters. The van der Waals surface area contributed by atoms with Gasteiger partial charge in [0.05, 0.1) is 5.54 Å². The smallest absolute Gasteiger partial charge is 0.340 e. The molecular weight excluding hydrogens is 233 g/mol. The molecule has 0 bridgehead atoms. The predicted molar refractivity (Wildman–Crippen MR) is 57.0 cm³/mol. The lowest BCUT2D eigenvalue weighted by Crippen LogP contribution is -2.56. The highest BCUT2D eigenvalue weighted by Crippen LogP contribution is 2.43. The highest BCUT2D eigenvalue weighted by Gasteiger charge is 2.61. The van der Waals surface area contributed by atoms with Gasteiger partial charge in [0.2, 0.25) is 5.91 Å². The Morgan fingerprint density at radius 2 is 2.06 bits per heavy atom. The van der Waals surface area contributed by atoms with E-state index in [4.69, 9.17) is 6.42 Å². The van der Waals surface area contributed by atoms with Gasteiger partial charge in [0.25, 0.3) is 0 Å². The lowest BCUT2D eigenvalue weighted by Gasteiger charge is -2.32. The van der Waals surface area contributed by atoms with E-state index in [-0.39, 0.29) is 13.0 Å². The van der Waals surface area contributed by atoms with E-state index in [0.717, 1.165) is 0 Å². The maximum Gasteiger partial charge on any atom is 0.404 e. The number of hydrogen-bond donors (Lipinski definition) is 2. The molecule has 3 nitrogen and oxygen atoms in total. The Morgan fingerprint density at radius 3 is 2.41 bits per heavy atom. The Morgan fingerprint density at radius 1 is 1.47 bits per heavy atom. The molecule has 0 aromatic heterocycles. The van der Waals surface area contributed by atoms with Crippen LogP contribution in [0.15, 0.2) is 0 Å². The van der Waals surface area contributed by atoms with E-state index in [1.54, 1.807) is 0 Å². The van der Waals surface area contributed by atoms with E-state index >= 15 is 0 Å². The van der Waals surface area contributed by atoms with Gasteiger partial charge in [-0.2, -0.15) is 13.2 Å². The Labute approximate surface area is 98.1 Å². The van der Waals surface area contributed by atoms with Crippen LogP contribution in [0.1, 0.15) is 20.3 Å². The number of nitrogens with one attached hydrogen (secondary N) is 2. The standard InChI is InChI=1S/C11H15F3N2O/c1-4-9(2,3)16-8(17)10(11(12,13)14)5-6-15-7-10/h1,15H,5-7H2,2-3H3,(H,16,17). The van der Waals surface area contributed by atoms with Crippen molar-refractivity contribution in [3.8, 4) is 12.3 Å². The first kappa shape index (κ1) is 13.8. The van der Waals surface area contributed by atoms with E-state index in [9.17, 15) is 18.0 Å². The molecule has 17 heavy (non-hydrogen) atoms. The van der Waals surface area contributed by atoms with Crippen LogP contribution in [0.2, 0.25) is 0 Å². The zero-order valence-electron chi connectivity index (χ0n) is 9.74. The minimum atomic E-state index is -4.58. The average Bonchev–Trinajstić information content (AvgIpc) is 2.65. The summed E-state index contributed by atoms with van der Waals surface area (Å²) in [7, 11) is 0. The maximum atomic E-state index is 13.0. The summed E-state index contributed by atoms with van der Waals surface area (Å²) in [5.74, 6) is 1.19. The molecule has 1 amide bonds. The van der Waals surface area contributed by atoms with Gasteiger partial charge in [0, 0.05) is 6.54 Å². The topological polar surface area (TPSA) is 41.1 Å². The number of hydrogen-bond acceptors (Lipinski definition) is 2. The van der Waals surface area contributed by atoms with Crippen molar-refractivity contribution in [2.75, 3.05) is 13.1 Å². The summed E-state index contributed by atoms with van der Waals surface area (Å²) in [6.07, 6.45) is 0.305. The third-order valence-electron chi connectivity index (χ3n) is 2.92. The molecule has 1 rings (SSSR count). The van der Waals surface area contributed by atoms with Crippen LogP contribution < -0.4 is 10.6 Å². The third kappa shape index (κ3) is 2.55. The van der Waals surface area contributed by atoms with Crippen molar-refractivity contribution in [3.63, 3.8) is 0 Å². The summed E-state index contributed by atoms with van der Waals surface area (Å²) in [4.78, 5) is 11.8. The van der Waals surface area contributed by atoms with Crippen LogP contribution in [-0.4, -0.2) is 30.7 Å². The van der Waals surface area contributed by atoms with E-state index in [0.29, 0.717) is 0 Å². The van der Waals surface area contributed by atoms with Gasteiger partial charge >= 0.3 is 6.18 Å². The van der Waals surface area contributed by atoms with Crippen LogP contribution in [0.4, 0.5) is 13.2 Å². The van der Waals surface area contributed by atoms with Crippen molar-refractivity contribution >= 4 is 5.91 Å². The zero-order valence-corrected chi connectivity index (χ0v) is 9.74. The fraction of sp³-hybridized carbons (Fsp3) is 0.727. The van der Waals surface area contributed by atoms with Gasteiger partial charge in [-0.05, 0) is 26.8 Å². The molecule has 0 saturated carbocycles. The fourth-order valence-electron chi connectivity index (χ4n) is 1.70. The molecule has 1 fully saturated rings. The number of halogens is 3. The van der Waals surface area contributed by atoms with E-state index < -0.39 is 29.6 Å². The molecule has 96 valence electrons. The Kier molecular flexibility index (Phi) is 3.44. The monoisotopic (exact) mass is 248 g/mol. The number of terminal acetylenes is 1. The van der Waals surface area contributed by atoms with Crippen LogP contribution in [-0.2, 0) is 4.79 Å². The second-order valence-corrected chi connectivity index (χ2v) is 4.73. The zero-order chi connectivity index (χ0) is 13.3. The minimum Gasteiger partial charge on any atom is -0.340 e.